The van der Waals surface area contributed by atoms with Crippen molar-refractivity contribution in [2.75, 3.05) is 0 Å². The van der Waals surface area contributed by atoms with E-state index in [0.29, 0.717) is 21.7 Å². The molecule has 0 heterocycles. The zero-order valence-corrected chi connectivity index (χ0v) is 15.3. The fraction of sp³-hybridized carbons (Fsp3) is 0. The first-order valence-electron chi connectivity index (χ1n) is 8.31. The van der Waals surface area contributed by atoms with Crippen LogP contribution >= 0.6 is 11.6 Å². The molecule has 4 nitrogen and oxygen atoms in total. The van der Waals surface area contributed by atoms with E-state index in [1.807, 2.05) is 0 Å². The van der Waals surface area contributed by atoms with Gasteiger partial charge < -0.3 is 10.4 Å². The maximum Gasteiger partial charge on any atom is 0.352 e. The van der Waals surface area contributed by atoms with Crippen molar-refractivity contribution in [3.63, 3.8) is 0 Å². The molecule has 28 heavy (non-hydrogen) atoms. The third kappa shape index (κ3) is 4.45. The number of benzene rings is 3. The predicted octanol–water partition coefficient (Wildman–Crippen LogP) is 5.00. The fourth-order valence-corrected chi connectivity index (χ4v) is 2.86. The lowest BCUT2D eigenvalue weighted by Crippen LogP contribution is -2.27. The van der Waals surface area contributed by atoms with E-state index in [2.05, 4.69) is 5.32 Å². The first-order chi connectivity index (χ1) is 13.5. The third-order valence-electron chi connectivity index (χ3n) is 3.98. The molecule has 0 aliphatic rings. The monoisotopic (exact) mass is 395 g/mol. The van der Waals surface area contributed by atoms with E-state index in [0.717, 1.165) is 0 Å². The van der Waals surface area contributed by atoms with Crippen LogP contribution < -0.4 is 5.32 Å². The Kier molecular flexibility index (Phi) is 5.87. The standard InChI is InChI=1S/C22H15ClFNO3/c23-18-9-5-4-8-16(18)17-12-14(10-11-19(17)24)13-20(22(27)28)25-21(26)15-6-2-1-3-7-15/h1-13H,(H,25,26)(H,27,28). The Bertz CT molecular complexity index is 1060. The second-order valence-corrected chi connectivity index (χ2v) is 6.31. The molecule has 0 aromatic heterocycles. The lowest BCUT2D eigenvalue weighted by Gasteiger charge is -2.09. The summed E-state index contributed by atoms with van der Waals surface area (Å²) in [5.41, 5.74) is 1.12. The van der Waals surface area contributed by atoms with Gasteiger partial charge in [-0.1, -0.05) is 54.1 Å². The molecule has 2 N–H and O–H groups in total. The number of carbonyl (C=O) groups excluding carboxylic acids is 1. The summed E-state index contributed by atoms with van der Waals surface area (Å²) in [7, 11) is 0. The molecule has 6 heteroatoms. The first kappa shape index (κ1) is 19.3. The summed E-state index contributed by atoms with van der Waals surface area (Å²) in [6, 6.07) is 19.1. The van der Waals surface area contributed by atoms with Crippen LogP contribution in [0.2, 0.25) is 5.02 Å². The SMILES string of the molecule is O=C(O)C(=Cc1ccc(F)c(-c2ccccc2Cl)c1)NC(=O)c1ccccc1. The second-order valence-electron chi connectivity index (χ2n) is 5.90. The van der Waals surface area contributed by atoms with Crippen LogP contribution in [0.15, 0.2) is 78.5 Å². The van der Waals surface area contributed by atoms with Gasteiger partial charge in [0.15, 0.2) is 0 Å². The van der Waals surface area contributed by atoms with Crippen LogP contribution in [0.1, 0.15) is 15.9 Å². The number of carboxylic acids is 1. The fourth-order valence-electron chi connectivity index (χ4n) is 2.62. The highest BCUT2D eigenvalue weighted by atomic mass is 35.5. The summed E-state index contributed by atoms with van der Waals surface area (Å²) < 4.78 is 14.3. The van der Waals surface area contributed by atoms with Gasteiger partial charge >= 0.3 is 5.97 Å². The van der Waals surface area contributed by atoms with Crippen LogP contribution in [-0.4, -0.2) is 17.0 Å². The highest BCUT2D eigenvalue weighted by Gasteiger charge is 2.14. The predicted molar refractivity (Wildman–Crippen MR) is 106 cm³/mol. The van der Waals surface area contributed by atoms with Crippen LogP contribution in [0.5, 0.6) is 0 Å². The molecular formula is C22H15ClFNO3. The van der Waals surface area contributed by atoms with E-state index in [1.54, 1.807) is 54.6 Å². The zero-order valence-electron chi connectivity index (χ0n) is 14.5. The largest absolute Gasteiger partial charge is 0.477 e. The maximum atomic E-state index is 14.3. The Balaban J connectivity index is 1.96. The molecule has 0 spiro atoms. The number of halogens is 2. The number of hydrogen-bond donors (Lipinski definition) is 2. The molecule has 0 aliphatic carbocycles. The Morgan fingerprint density at radius 1 is 0.929 bits per heavy atom. The van der Waals surface area contributed by atoms with Crippen LogP contribution in [0.25, 0.3) is 17.2 Å². The second kappa shape index (κ2) is 8.50. The number of rotatable bonds is 5. The Labute approximate surface area is 165 Å². The van der Waals surface area contributed by atoms with Gasteiger partial charge in [-0.25, -0.2) is 9.18 Å². The minimum atomic E-state index is -1.31. The smallest absolute Gasteiger partial charge is 0.352 e. The number of amides is 1. The lowest BCUT2D eigenvalue weighted by atomic mass is 10.0. The third-order valence-corrected chi connectivity index (χ3v) is 4.31. The Hall–Kier alpha value is -3.44. The Morgan fingerprint density at radius 2 is 1.61 bits per heavy atom. The number of nitrogens with one attached hydrogen (secondary N) is 1. The maximum absolute atomic E-state index is 14.3. The van der Waals surface area contributed by atoms with E-state index >= 15 is 0 Å². The summed E-state index contributed by atoms with van der Waals surface area (Å²) in [5.74, 6) is -2.36. The van der Waals surface area contributed by atoms with Crippen molar-refractivity contribution in [2.45, 2.75) is 0 Å². The number of aliphatic carboxylic acids is 1. The average molecular weight is 396 g/mol. The summed E-state index contributed by atoms with van der Waals surface area (Å²) >= 11 is 6.14. The molecule has 0 aliphatic heterocycles. The molecule has 0 atom stereocenters. The zero-order chi connectivity index (χ0) is 20.1. The summed E-state index contributed by atoms with van der Waals surface area (Å²) in [6.07, 6.45) is 1.27. The van der Waals surface area contributed by atoms with Gasteiger partial charge in [-0.2, -0.15) is 0 Å². The average Bonchev–Trinajstić information content (AvgIpc) is 2.70. The molecule has 3 rings (SSSR count). The minimum Gasteiger partial charge on any atom is -0.477 e. The molecule has 0 unspecified atom stereocenters. The van der Waals surface area contributed by atoms with Crippen molar-refractivity contribution in [1.29, 1.82) is 0 Å². The van der Waals surface area contributed by atoms with Gasteiger partial charge in [0.05, 0.1) is 0 Å². The topological polar surface area (TPSA) is 66.4 Å². The molecule has 0 bridgehead atoms. The van der Waals surface area contributed by atoms with Gasteiger partial charge in [-0.15, -0.1) is 0 Å². The van der Waals surface area contributed by atoms with Crippen molar-refractivity contribution in [1.82, 2.24) is 5.32 Å². The molecule has 1 amide bonds. The van der Waals surface area contributed by atoms with Crippen molar-refractivity contribution in [3.05, 3.63) is 100 Å². The molecule has 140 valence electrons. The van der Waals surface area contributed by atoms with Gasteiger partial charge in [0.25, 0.3) is 5.91 Å². The van der Waals surface area contributed by atoms with E-state index in [1.165, 1.54) is 24.3 Å². The van der Waals surface area contributed by atoms with Crippen LogP contribution in [0.4, 0.5) is 4.39 Å². The van der Waals surface area contributed by atoms with E-state index in [4.69, 9.17) is 11.6 Å². The minimum absolute atomic E-state index is 0.235. The van der Waals surface area contributed by atoms with Crippen molar-refractivity contribution >= 4 is 29.6 Å². The normalized spacial score (nSPS) is 11.1. The highest BCUT2D eigenvalue weighted by Crippen LogP contribution is 2.30. The van der Waals surface area contributed by atoms with E-state index < -0.39 is 17.7 Å². The van der Waals surface area contributed by atoms with Gasteiger partial charge in [-0.05, 0) is 42.0 Å². The number of hydrogen-bond acceptors (Lipinski definition) is 2. The van der Waals surface area contributed by atoms with E-state index in [9.17, 15) is 19.1 Å². The van der Waals surface area contributed by atoms with Crippen molar-refractivity contribution in [3.8, 4) is 11.1 Å². The summed E-state index contributed by atoms with van der Waals surface area (Å²) in [4.78, 5) is 23.8. The molecule has 3 aromatic carbocycles. The Morgan fingerprint density at radius 3 is 2.29 bits per heavy atom. The molecule has 0 saturated heterocycles. The summed E-state index contributed by atoms with van der Waals surface area (Å²) in [5, 5.41) is 12.2. The van der Waals surface area contributed by atoms with Crippen LogP contribution in [0, 0.1) is 5.82 Å². The first-order valence-corrected chi connectivity index (χ1v) is 8.69. The van der Waals surface area contributed by atoms with Gasteiger partial charge in [0.2, 0.25) is 0 Å². The number of carboxylic acid groups (broad SMARTS) is 1. The van der Waals surface area contributed by atoms with Crippen molar-refractivity contribution in [2.24, 2.45) is 0 Å². The molecule has 0 fully saturated rings. The quantitative estimate of drug-likeness (QED) is 0.597. The summed E-state index contributed by atoms with van der Waals surface area (Å²) in [6.45, 7) is 0. The van der Waals surface area contributed by atoms with Crippen LogP contribution in [0.3, 0.4) is 0 Å². The van der Waals surface area contributed by atoms with Gasteiger partial charge in [-0.3, -0.25) is 4.79 Å². The van der Waals surface area contributed by atoms with Crippen molar-refractivity contribution < 1.29 is 19.1 Å². The molecule has 0 radical (unpaired) electrons. The molecule has 3 aromatic rings. The lowest BCUT2D eigenvalue weighted by molar-refractivity contribution is -0.132. The molecule has 0 saturated carbocycles. The van der Waals surface area contributed by atoms with Crippen LogP contribution in [-0.2, 0) is 4.79 Å². The number of carbonyl (C=O) groups is 2. The van der Waals surface area contributed by atoms with Gasteiger partial charge in [0.1, 0.15) is 11.5 Å². The highest BCUT2D eigenvalue weighted by molar-refractivity contribution is 6.33. The molecular weight excluding hydrogens is 381 g/mol. The van der Waals surface area contributed by atoms with Gasteiger partial charge in [0, 0.05) is 21.7 Å². The van der Waals surface area contributed by atoms with E-state index in [-0.39, 0.29) is 11.3 Å².